The number of amides is 1. The second-order valence-corrected chi connectivity index (χ2v) is 8.93. The highest BCUT2D eigenvalue weighted by Gasteiger charge is 2.23. The molecule has 0 saturated carbocycles. The molecule has 0 spiro atoms. The molecule has 4 aromatic rings. The minimum atomic E-state index is -1.03. The van der Waals surface area contributed by atoms with Crippen molar-refractivity contribution in [2.24, 2.45) is 0 Å². The van der Waals surface area contributed by atoms with E-state index in [9.17, 15) is 14.7 Å². The first-order valence-corrected chi connectivity index (χ1v) is 12.3. The second kappa shape index (κ2) is 11.1. The fourth-order valence-electron chi connectivity index (χ4n) is 4.58. The van der Waals surface area contributed by atoms with Gasteiger partial charge in [0.05, 0.1) is 31.0 Å². The zero-order chi connectivity index (χ0) is 25.6. The first-order chi connectivity index (χ1) is 18.1. The molecular weight excluding hydrogens is 464 g/mol. The van der Waals surface area contributed by atoms with Crippen LogP contribution in [0, 0.1) is 0 Å². The van der Waals surface area contributed by atoms with Crippen molar-refractivity contribution in [1.29, 1.82) is 0 Å². The molecule has 1 fully saturated rings. The van der Waals surface area contributed by atoms with Crippen molar-refractivity contribution in [2.45, 2.75) is 6.54 Å². The van der Waals surface area contributed by atoms with Gasteiger partial charge < -0.3 is 19.6 Å². The maximum absolute atomic E-state index is 13.7. The van der Waals surface area contributed by atoms with Crippen molar-refractivity contribution in [3.8, 4) is 11.1 Å². The molecular formula is C31H28N2O4. The third-order valence-electron chi connectivity index (χ3n) is 6.54. The maximum atomic E-state index is 13.7. The standard InChI is InChI=1S/C31H28N2O4/c34-30(26-9-5-2-6-10-26)33(22-23-11-13-25(14-12-23)24-7-3-1-4-8-24)27-15-16-29(28(21-27)31(35)36)32-17-19-37-20-18-32/h1-16,21H,17-20,22H2,(H,35,36). The van der Waals surface area contributed by atoms with Crippen LogP contribution in [0.15, 0.2) is 103 Å². The highest BCUT2D eigenvalue weighted by atomic mass is 16.5. The van der Waals surface area contributed by atoms with Crippen LogP contribution >= 0.6 is 0 Å². The largest absolute Gasteiger partial charge is 0.478 e. The summed E-state index contributed by atoms with van der Waals surface area (Å²) in [6.07, 6.45) is 0. The van der Waals surface area contributed by atoms with Gasteiger partial charge in [-0.25, -0.2) is 4.79 Å². The number of nitrogens with zero attached hydrogens (tertiary/aromatic N) is 2. The molecule has 37 heavy (non-hydrogen) atoms. The highest BCUT2D eigenvalue weighted by Crippen LogP contribution is 2.30. The fraction of sp³-hybridized carbons (Fsp3) is 0.161. The Morgan fingerprint density at radius 1 is 0.784 bits per heavy atom. The van der Waals surface area contributed by atoms with Gasteiger partial charge in [-0.2, -0.15) is 0 Å². The van der Waals surface area contributed by atoms with Gasteiger partial charge in [-0.05, 0) is 47.0 Å². The number of morpholine rings is 1. The molecule has 1 N–H and O–H groups in total. The topological polar surface area (TPSA) is 70.1 Å². The van der Waals surface area contributed by atoms with Gasteiger partial charge in [-0.1, -0.05) is 72.8 Å². The van der Waals surface area contributed by atoms with Crippen LogP contribution in [-0.4, -0.2) is 43.3 Å². The highest BCUT2D eigenvalue weighted by molar-refractivity contribution is 6.07. The minimum Gasteiger partial charge on any atom is -0.478 e. The van der Waals surface area contributed by atoms with Gasteiger partial charge in [0.25, 0.3) is 5.91 Å². The number of carbonyl (C=O) groups excluding carboxylic acids is 1. The molecule has 1 saturated heterocycles. The number of carbonyl (C=O) groups is 2. The van der Waals surface area contributed by atoms with Crippen LogP contribution in [0.25, 0.3) is 11.1 Å². The Morgan fingerprint density at radius 2 is 1.41 bits per heavy atom. The van der Waals surface area contributed by atoms with Crippen LogP contribution in [0.3, 0.4) is 0 Å². The summed E-state index contributed by atoms with van der Waals surface area (Å²) in [5.41, 5.74) is 5.04. The summed E-state index contributed by atoms with van der Waals surface area (Å²) in [4.78, 5) is 29.6. The van der Waals surface area contributed by atoms with E-state index in [1.165, 1.54) is 0 Å². The summed E-state index contributed by atoms with van der Waals surface area (Å²) in [7, 11) is 0. The lowest BCUT2D eigenvalue weighted by atomic mass is 10.0. The number of benzene rings is 4. The van der Waals surface area contributed by atoms with Crippen LogP contribution in [0.5, 0.6) is 0 Å². The molecule has 0 atom stereocenters. The zero-order valence-electron chi connectivity index (χ0n) is 20.4. The van der Waals surface area contributed by atoms with Gasteiger partial charge in [0.1, 0.15) is 0 Å². The summed E-state index contributed by atoms with van der Waals surface area (Å²) in [6.45, 7) is 2.66. The van der Waals surface area contributed by atoms with E-state index in [-0.39, 0.29) is 11.5 Å². The van der Waals surface area contributed by atoms with Crippen LogP contribution in [0.1, 0.15) is 26.3 Å². The number of hydrogen-bond donors (Lipinski definition) is 1. The molecule has 4 aromatic carbocycles. The van der Waals surface area contributed by atoms with Gasteiger partial charge in [-0.3, -0.25) is 4.79 Å². The molecule has 0 unspecified atom stereocenters. The Bertz CT molecular complexity index is 1370. The Morgan fingerprint density at radius 3 is 2.05 bits per heavy atom. The number of rotatable bonds is 7. The van der Waals surface area contributed by atoms with E-state index in [2.05, 4.69) is 12.1 Å². The van der Waals surface area contributed by atoms with Gasteiger partial charge in [0.2, 0.25) is 0 Å². The number of anilines is 2. The number of ether oxygens (including phenoxy) is 1. The fourth-order valence-corrected chi connectivity index (χ4v) is 4.58. The molecule has 6 heteroatoms. The Kier molecular flexibility index (Phi) is 7.28. The van der Waals surface area contributed by atoms with Gasteiger partial charge >= 0.3 is 5.97 Å². The van der Waals surface area contributed by atoms with E-state index < -0.39 is 5.97 Å². The second-order valence-electron chi connectivity index (χ2n) is 8.93. The van der Waals surface area contributed by atoms with Crippen molar-refractivity contribution in [1.82, 2.24) is 0 Å². The summed E-state index contributed by atoms with van der Waals surface area (Å²) < 4.78 is 5.42. The minimum absolute atomic E-state index is 0.171. The van der Waals surface area contributed by atoms with Crippen LogP contribution in [0.2, 0.25) is 0 Å². The predicted molar refractivity (Wildman–Crippen MR) is 145 cm³/mol. The van der Waals surface area contributed by atoms with Gasteiger partial charge in [-0.15, -0.1) is 0 Å². The lowest BCUT2D eigenvalue weighted by molar-refractivity contribution is 0.0696. The van der Waals surface area contributed by atoms with Crippen LogP contribution in [-0.2, 0) is 11.3 Å². The predicted octanol–water partition coefficient (Wildman–Crippen LogP) is 5.74. The molecule has 1 aliphatic heterocycles. The van der Waals surface area contributed by atoms with Gasteiger partial charge in [0, 0.05) is 24.3 Å². The SMILES string of the molecule is O=C(O)c1cc(N(Cc2ccc(-c3ccccc3)cc2)C(=O)c2ccccc2)ccc1N1CCOCC1. The van der Waals surface area contributed by atoms with Crippen LogP contribution < -0.4 is 9.80 Å². The maximum Gasteiger partial charge on any atom is 0.337 e. The van der Waals surface area contributed by atoms with E-state index >= 15 is 0 Å². The molecule has 0 aliphatic carbocycles. The average molecular weight is 493 g/mol. The number of hydrogen-bond acceptors (Lipinski definition) is 4. The molecule has 1 heterocycles. The summed E-state index contributed by atoms with van der Waals surface area (Å²) in [5.74, 6) is -1.22. The monoisotopic (exact) mass is 492 g/mol. The third kappa shape index (κ3) is 5.55. The van der Waals surface area contributed by atoms with Crippen molar-refractivity contribution in [3.63, 3.8) is 0 Å². The average Bonchev–Trinajstić information content (AvgIpc) is 2.97. The third-order valence-corrected chi connectivity index (χ3v) is 6.54. The number of aromatic carboxylic acids is 1. The molecule has 1 aliphatic rings. The normalized spacial score (nSPS) is 13.2. The van der Waals surface area contributed by atoms with E-state index in [0.717, 1.165) is 16.7 Å². The Labute approximate surface area is 216 Å². The summed E-state index contributed by atoms with van der Waals surface area (Å²) in [5, 5.41) is 10.0. The first-order valence-electron chi connectivity index (χ1n) is 12.3. The van der Waals surface area contributed by atoms with Crippen molar-refractivity contribution in [3.05, 3.63) is 120 Å². The number of carboxylic acids is 1. The Balaban J connectivity index is 1.49. The van der Waals surface area contributed by atoms with Gasteiger partial charge in [0.15, 0.2) is 0 Å². The quantitative estimate of drug-likeness (QED) is 0.357. The number of carboxylic acid groups (broad SMARTS) is 1. The molecule has 1 amide bonds. The van der Waals surface area contributed by atoms with E-state index in [0.29, 0.717) is 49.8 Å². The summed E-state index contributed by atoms with van der Waals surface area (Å²) in [6, 6.07) is 32.5. The van der Waals surface area contributed by atoms with Crippen molar-refractivity contribution in [2.75, 3.05) is 36.1 Å². The first kappa shape index (κ1) is 24.3. The molecule has 186 valence electrons. The smallest absolute Gasteiger partial charge is 0.337 e. The van der Waals surface area contributed by atoms with E-state index in [1.54, 1.807) is 29.2 Å². The zero-order valence-corrected chi connectivity index (χ0v) is 20.4. The van der Waals surface area contributed by atoms with E-state index in [4.69, 9.17) is 4.74 Å². The van der Waals surface area contributed by atoms with E-state index in [1.807, 2.05) is 71.6 Å². The molecule has 0 radical (unpaired) electrons. The summed E-state index contributed by atoms with van der Waals surface area (Å²) >= 11 is 0. The lowest BCUT2D eigenvalue weighted by Crippen LogP contribution is -2.37. The van der Waals surface area contributed by atoms with Crippen molar-refractivity contribution >= 4 is 23.3 Å². The Hall–Kier alpha value is -4.42. The molecule has 0 bridgehead atoms. The molecule has 0 aromatic heterocycles. The molecule has 6 nitrogen and oxygen atoms in total. The van der Waals surface area contributed by atoms with Crippen LogP contribution in [0.4, 0.5) is 11.4 Å². The molecule has 5 rings (SSSR count). The van der Waals surface area contributed by atoms with Crippen molar-refractivity contribution < 1.29 is 19.4 Å². The lowest BCUT2D eigenvalue weighted by Gasteiger charge is -2.31.